The van der Waals surface area contributed by atoms with E-state index >= 15 is 0 Å². The highest BCUT2D eigenvalue weighted by molar-refractivity contribution is 5.77. The van der Waals surface area contributed by atoms with E-state index in [0.717, 1.165) is 6.07 Å². The highest BCUT2D eigenvalue weighted by atomic mass is 19.4. The second-order valence-electron chi connectivity index (χ2n) is 7.29. The van der Waals surface area contributed by atoms with Crippen LogP contribution >= 0.6 is 0 Å². The maximum atomic E-state index is 14.3. The molecule has 3 rings (SSSR count). The molecule has 0 bridgehead atoms. The molecule has 2 aliphatic carbocycles. The van der Waals surface area contributed by atoms with E-state index in [1.807, 2.05) is 0 Å². The number of hydrogen-bond donors (Lipinski definition) is 2. The molecule has 0 unspecified atom stereocenters. The maximum Gasteiger partial charge on any atom is 0.435 e. The molecule has 28 heavy (non-hydrogen) atoms. The minimum Gasteiger partial charge on any atom is -0.387 e. The summed E-state index contributed by atoms with van der Waals surface area (Å²) in [4.78, 5) is 11.4. The number of benzene rings is 1. The lowest BCUT2D eigenvalue weighted by Gasteiger charge is -2.34. The molecule has 3 nitrogen and oxygen atoms in total. The highest BCUT2D eigenvalue weighted by Gasteiger charge is 2.73. The fourth-order valence-corrected chi connectivity index (χ4v) is 4.50. The quantitative estimate of drug-likeness (QED) is 0.739. The van der Waals surface area contributed by atoms with Gasteiger partial charge in [-0.25, -0.2) is 4.39 Å². The van der Waals surface area contributed by atoms with E-state index in [-0.39, 0.29) is 29.9 Å². The van der Waals surface area contributed by atoms with Crippen molar-refractivity contribution in [3.05, 3.63) is 34.9 Å². The Morgan fingerprint density at radius 2 is 1.68 bits per heavy atom. The van der Waals surface area contributed by atoms with E-state index in [2.05, 4.69) is 5.32 Å². The molecule has 3 atom stereocenters. The summed E-state index contributed by atoms with van der Waals surface area (Å²) in [5, 5.41) is 11.5. The van der Waals surface area contributed by atoms with Crippen LogP contribution < -0.4 is 5.32 Å². The minimum atomic E-state index is -6.14. The summed E-state index contributed by atoms with van der Waals surface area (Å²) in [6, 6.07) is 2.15. The van der Waals surface area contributed by atoms with Gasteiger partial charge in [0.25, 0.3) is 0 Å². The molecule has 1 saturated carbocycles. The lowest BCUT2D eigenvalue weighted by molar-refractivity contribution is -0.348. The molecule has 1 aromatic rings. The molecule has 1 aromatic carbocycles. The summed E-state index contributed by atoms with van der Waals surface area (Å²) in [5.41, 5.74) is -6.04. The van der Waals surface area contributed by atoms with Gasteiger partial charge < -0.3 is 10.4 Å². The van der Waals surface area contributed by atoms with Gasteiger partial charge in [0.15, 0.2) is 0 Å². The van der Waals surface area contributed by atoms with Gasteiger partial charge in [0.2, 0.25) is 5.91 Å². The molecule has 0 saturated heterocycles. The molecule has 156 valence electrons. The average Bonchev–Trinajstić information content (AvgIpc) is 3.01. The van der Waals surface area contributed by atoms with E-state index in [0.29, 0.717) is 37.0 Å². The number of carbonyl (C=O) groups is 1. The number of nitrogens with one attached hydrogen (secondary N) is 1. The molecule has 0 spiro atoms. The van der Waals surface area contributed by atoms with Crippen LogP contribution in [-0.4, -0.2) is 36.0 Å². The predicted molar refractivity (Wildman–Crippen MR) is 84.1 cm³/mol. The van der Waals surface area contributed by atoms with E-state index in [1.54, 1.807) is 0 Å². The van der Waals surface area contributed by atoms with Crippen molar-refractivity contribution < 1.29 is 40.6 Å². The summed E-state index contributed by atoms with van der Waals surface area (Å²) in [6.07, 6.45) is -10.5. The maximum absolute atomic E-state index is 14.3. The Kier molecular flexibility index (Phi) is 5.14. The van der Waals surface area contributed by atoms with E-state index < -0.39 is 36.1 Å². The number of amides is 1. The molecular weight excluding hydrogens is 395 g/mol. The molecule has 1 fully saturated rings. The molecule has 0 heterocycles. The van der Waals surface area contributed by atoms with Crippen LogP contribution in [0.25, 0.3) is 0 Å². The number of rotatable bonds is 3. The molecular formula is C18H18F7NO2. The van der Waals surface area contributed by atoms with Crippen molar-refractivity contribution in [2.24, 2.45) is 5.92 Å². The van der Waals surface area contributed by atoms with Crippen molar-refractivity contribution in [1.29, 1.82) is 0 Å². The van der Waals surface area contributed by atoms with Crippen LogP contribution in [0.5, 0.6) is 0 Å². The van der Waals surface area contributed by atoms with Gasteiger partial charge >= 0.3 is 18.0 Å². The van der Waals surface area contributed by atoms with Crippen molar-refractivity contribution in [1.82, 2.24) is 5.32 Å². The Labute approximate surface area is 155 Å². The number of aliphatic hydroxyl groups is 1. The normalized spacial score (nSPS) is 25.2. The standard InChI is InChI=1S/C18H18F7NO2/c19-16(17(20,21)22,18(23,24)25)10-2-4-11-9(7-10)1-3-13-12(11)5-6-14(13)26-15(28)8-27/h2,4,7,12-14,27H,1,3,5-6,8H2,(H,26,28)/t12-,13+,14-/m0/s1. The topological polar surface area (TPSA) is 49.3 Å². The molecule has 0 aromatic heterocycles. The third-order valence-corrected chi connectivity index (χ3v) is 5.78. The SMILES string of the molecule is O=C(CO)N[C@H]1CC[C@H]2c3ccc(C(F)(C(F)(F)F)C(F)(F)F)cc3CC[C@@H]12. The van der Waals surface area contributed by atoms with Crippen LogP contribution in [0.15, 0.2) is 18.2 Å². The summed E-state index contributed by atoms with van der Waals surface area (Å²) < 4.78 is 92.2. The average molecular weight is 413 g/mol. The fourth-order valence-electron chi connectivity index (χ4n) is 4.50. The third-order valence-electron chi connectivity index (χ3n) is 5.78. The van der Waals surface area contributed by atoms with Gasteiger partial charge in [0.1, 0.15) is 6.61 Å². The Morgan fingerprint density at radius 3 is 2.25 bits per heavy atom. The van der Waals surface area contributed by atoms with Gasteiger partial charge in [-0.05, 0) is 48.6 Å². The number of hydrogen-bond acceptors (Lipinski definition) is 2. The second kappa shape index (κ2) is 6.89. The second-order valence-corrected chi connectivity index (χ2v) is 7.29. The first kappa shape index (κ1) is 20.9. The van der Waals surface area contributed by atoms with Gasteiger partial charge in [-0.2, -0.15) is 26.3 Å². The number of fused-ring (bicyclic) bond motifs is 3. The van der Waals surface area contributed by atoms with Crippen LogP contribution in [0.1, 0.15) is 41.9 Å². The lowest BCUT2D eigenvalue weighted by Crippen LogP contribution is -2.50. The van der Waals surface area contributed by atoms with Crippen LogP contribution in [0.4, 0.5) is 30.7 Å². The number of halogens is 7. The summed E-state index contributed by atoms with van der Waals surface area (Å²) in [7, 11) is 0. The largest absolute Gasteiger partial charge is 0.435 e. The molecule has 10 heteroatoms. The third kappa shape index (κ3) is 3.25. The zero-order valence-corrected chi connectivity index (χ0v) is 14.5. The van der Waals surface area contributed by atoms with Crippen LogP contribution in [0.3, 0.4) is 0 Å². The Bertz CT molecular complexity index is 745. The van der Waals surface area contributed by atoms with Crippen molar-refractivity contribution in [2.45, 2.75) is 55.7 Å². The van der Waals surface area contributed by atoms with E-state index in [4.69, 9.17) is 5.11 Å². The highest BCUT2D eigenvalue weighted by Crippen LogP contribution is 2.54. The molecule has 2 N–H and O–H groups in total. The smallest absolute Gasteiger partial charge is 0.387 e. The summed E-state index contributed by atoms with van der Waals surface area (Å²) >= 11 is 0. The van der Waals surface area contributed by atoms with Gasteiger partial charge in [0.05, 0.1) is 0 Å². The van der Waals surface area contributed by atoms with Crippen molar-refractivity contribution in [2.75, 3.05) is 6.61 Å². The Hall–Kier alpha value is -1.84. The first-order valence-electron chi connectivity index (χ1n) is 8.76. The van der Waals surface area contributed by atoms with Crippen molar-refractivity contribution in [3.63, 3.8) is 0 Å². The number of aliphatic hydroxyl groups excluding tert-OH is 1. The minimum absolute atomic E-state index is 0.0331. The first-order valence-corrected chi connectivity index (χ1v) is 8.76. The predicted octanol–water partition coefficient (Wildman–Crippen LogP) is 3.89. The Balaban J connectivity index is 1.93. The number of carbonyl (C=O) groups excluding carboxylic acids is 1. The zero-order valence-electron chi connectivity index (χ0n) is 14.5. The summed E-state index contributed by atoms with van der Waals surface area (Å²) in [5.74, 6) is -0.717. The lowest BCUT2D eigenvalue weighted by atomic mass is 9.74. The monoisotopic (exact) mass is 413 g/mol. The van der Waals surface area contributed by atoms with E-state index in [1.165, 1.54) is 0 Å². The van der Waals surface area contributed by atoms with Crippen LogP contribution in [0, 0.1) is 5.92 Å². The zero-order chi connectivity index (χ0) is 20.9. The van der Waals surface area contributed by atoms with Crippen molar-refractivity contribution in [3.8, 4) is 0 Å². The van der Waals surface area contributed by atoms with Crippen molar-refractivity contribution >= 4 is 5.91 Å². The van der Waals surface area contributed by atoms with Crippen LogP contribution in [-0.2, 0) is 16.9 Å². The Morgan fingerprint density at radius 1 is 1.04 bits per heavy atom. The molecule has 1 amide bonds. The number of alkyl halides is 7. The van der Waals surface area contributed by atoms with Gasteiger partial charge in [0, 0.05) is 11.6 Å². The first-order chi connectivity index (χ1) is 12.9. The van der Waals surface area contributed by atoms with Crippen LogP contribution in [0.2, 0.25) is 0 Å². The van der Waals surface area contributed by atoms with Gasteiger partial charge in [-0.1, -0.05) is 18.2 Å². The van der Waals surface area contributed by atoms with Gasteiger partial charge in [-0.15, -0.1) is 0 Å². The van der Waals surface area contributed by atoms with E-state index in [9.17, 15) is 35.5 Å². The van der Waals surface area contributed by atoms with Gasteiger partial charge in [-0.3, -0.25) is 4.79 Å². The molecule has 0 aliphatic heterocycles. The summed E-state index contributed by atoms with van der Waals surface area (Å²) in [6.45, 7) is -0.665. The molecule has 2 aliphatic rings. The number of aryl methyl sites for hydroxylation is 1. The molecule has 0 radical (unpaired) electrons. The fraction of sp³-hybridized carbons (Fsp3) is 0.611.